The van der Waals surface area contributed by atoms with Gasteiger partial charge in [-0.3, -0.25) is 9.59 Å². The fourth-order valence-electron chi connectivity index (χ4n) is 4.05. The van der Waals surface area contributed by atoms with E-state index in [2.05, 4.69) is 26.1 Å². The van der Waals surface area contributed by atoms with Gasteiger partial charge in [-0.1, -0.05) is 20.8 Å². The van der Waals surface area contributed by atoms with Crippen LogP contribution in [0.2, 0.25) is 0 Å². The summed E-state index contributed by atoms with van der Waals surface area (Å²) in [6.07, 6.45) is 5.00. The second-order valence-electron chi connectivity index (χ2n) is 8.86. The molecule has 0 aromatic heterocycles. The largest absolute Gasteiger partial charge is 0.388 e. The molecule has 2 aliphatic rings. The van der Waals surface area contributed by atoms with Crippen LogP contribution in [0.3, 0.4) is 0 Å². The van der Waals surface area contributed by atoms with Crippen molar-refractivity contribution in [2.24, 2.45) is 17.3 Å². The van der Waals surface area contributed by atoms with E-state index in [9.17, 15) is 14.7 Å². The zero-order valence-electron chi connectivity index (χ0n) is 15.7. The van der Waals surface area contributed by atoms with Crippen LogP contribution >= 0.6 is 0 Å². The van der Waals surface area contributed by atoms with Crippen molar-refractivity contribution in [1.29, 1.82) is 0 Å². The van der Waals surface area contributed by atoms with E-state index >= 15 is 0 Å². The number of carbonyl (C=O) groups excluding carboxylic acids is 2. The van der Waals surface area contributed by atoms with Gasteiger partial charge >= 0.3 is 0 Å². The molecule has 1 saturated heterocycles. The van der Waals surface area contributed by atoms with E-state index in [0.29, 0.717) is 25.6 Å². The van der Waals surface area contributed by atoms with Crippen LogP contribution in [-0.2, 0) is 9.59 Å². The predicted molar refractivity (Wildman–Crippen MR) is 94.4 cm³/mol. The van der Waals surface area contributed by atoms with Crippen molar-refractivity contribution < 1.29 is 14.7 Å². The number of aliphatic hydroxyl groups is 1. The molecule has 1 aliphatic carbocycles. The maximum Gasteiger partial charge on any atom is 0.223 e. The minimum absolute atomic E-state index is 0.0320. The molecule has 5 heteroatoms. The number of nitrogens with zero attached hydrogens (tertiary/aromatic N) is 1. The van der Waals surface area contributed by atoms with Crippen molar-refractivity contribution in [1.82, 2.24) is 10.2 Å². The molecule has 0 atom stereocenters. The predicted octanol–water partition coefficient (Wildman–Crippen LogP) is 2.33. The Hall–Kier alpha value is -1.10. The first-order valence-electron chi connectivity index (χ1n) is 9.36. The van der Waals surface area contributed by atoms with Crippen LogP contribution < -0.4 is 5.32 Å². The molecule has 2 fully saturated rings. The zero-order chi connectivity index (χ0) is 18.0. The van der Waals surface area contributed by atoms with E-state index < -0.39 is 5.60 Å². The van der Waals surface area contributed by atoms with Gasteiger partial charge in [-0.2, -0.15) is 0 Å². The van der Waals surface area contributed by atoms with Crippen molar-refractivity contribution >= 4 is 11.8 Å². The maximum absolute atomic E-state index is 12.4. The van der Waals surface area contributed by atoms with E-state index in [-0.39, 0.29) is 23.1 Å². The SMILES string of the molecule is CC(=O)N1CCC(C(=O)NCC2(O)CCC(C(C)(C)C)CC2)CC1. The molecule has 0 bridgehead atoms. The molecule has 138 valence electrons. The normalized spacial score (nSPS) is 29.4. The third-order valence-electron chi connectivity index (χ3n) is 6.04. The third kappa shape index (κ3) is 4.95. The van der Waals surface area contributed by atoms with Crippen LogP contribution in [0.15, 0.2) is 0 Å². The molecule has 0 unspecified atom stereocenters. The first-order valence-corrected chi connectivity index (χ1v) is 9.36. The van der Waals surface area contributed by atoms with Crippen molar-refractivity contribution in [2.75, 3.05) is 19.6 Å². The quantitative estimate of drug-likeness (QED) is 0.830. The van der Waals surface area contributed by atoms with Gasteiger partial charge in [-0.15, -0.1) is 0 Å². The summed E-state index contributed by atoms with van der Waals surface area (Å²) >= 11 is 0. The van der Waals surface area contributed by atoms with Crippen LogP contribution in [0.5, 0.6) is 0 Å². The summed E-state index contributed by atoms with van der Waals surface area (Å²) in [4.78, 5) is 25.5. The molecule has 5 nitrogen and oxygen atoms in total. The molecule has 1 aliphatic heterocycles. The Morgan fingerprint density at radius 3 is 2.12 bits per heavy atom. The fourth-order valence-corrected chi connectivity index (χ4v) is 4.05. The summed E-state index contributed by atoms with van der Waals surface area (Å²) in [5.41, 5.74) is -0.466. The lowest BCUT2D eigenvalue weighted by atomic mass is 9.68. The zero-order valence-corrected chi connectivity index (χ0v) is 15.7. The number of hydrogen-bond donors (Lipinski definition) is 2. The molecule has 0 spiro atoms. The van der Waals surface area contributed by atoms with Gasteiger partial charge in [0.05, 0.1) is 5.60 Å². The summed E-state index contributed by atoms with van der Waals surface area (Å²) in [7, 11) is 0. The van der Waals surface area contributed by atoms with Crippen molar-refractivity contribution in [2.45, 2.75) is 71.8 Å². The van der Waals surface area contributed by atoms with Crippen LogP contribution in [0.4, 0.5) is 0 Å². The average Bonchev–Trinajstić information content (AvgIpc) is 2.52. The van der Waals surface area contributed by atoms with Gasteiger partial charge in [-0.05, 0) is 49.9 Å². The maximum atomic E-state index is 12.4. The molecular weight excluding hydrogens is 304 g/mol. The standard InChI is InChI=1S/C19H34N2O3/c1-14(22)21-11-7-15(8-12-21)17(23)20-13-19(24)9-5-16(6-10-19)18(2,3)4/h15-16,24H,5-13H2,1-4H3,(H,20,23). The number of rotatable bonds is 3. The van der Waals surface area contributed by atoms with Crippen LogP contribution in [0.1, 0.15) is 66.2 Å². The van der Waals surface area contributed by atoms with Gasteiger partial charge in [0.15, 0.2) is 0 Å². The first-order chi connectivity index (χ1) is 11.1. The fraction of sp³-hybridized carbons (Fsp3) is 0.895. The highest BCUT2D eigenvalue weighted by molar-refractivity contribution is 5.79. The Morgan fingerprint density at radius 1 is 1.12 bits per heavy atom. The molecule has 2 N–H and O–H groups in total. The monoisotopic (exact) mass is 338 g/mol. The highest BCUT2D eigenvalue weighted by Crippen LogP contribution is 2.41. The Bertz CT molecular complexity index is 454. The van der Waals surface area contributed by atoms with E-state index in [1.807, 2.05) is 0 Å². The van der Waals surface area contributed by atoms with E-state index in [1.54, 1.807) is 11.8 Å². The minimum Gasteiger partial charge on any atom is -0.388 e. The van der Waals surface area contributed by atoms with Crippen molar-refractivity contribution in [3.05, 3.63) is 0 Å². The van der Waals surface area contributed by atoms with Gasteiger partial charge in [-0.25, -0.2) is 0 Å². The van der Waals surface area contributed by atoms with Gasteiger partial charge in [0.2, 0.25) is 11.8 Å². The number of nitrogens with one attached hydrogen (secondary N) is 1. The lowest BCUT2D eigenvalue weighted by Gasteiger charge is -2.41. The van der Waals surface area contributed by atoms with E-state index in [4.69, 9.17) is 0 Å². The number of likely N-dealkylation sites (tertiary alicyclic amines) is 1. The summed E-state index contributed by atoms with van der Waals surface area (Å²) in [5, 5.41) is 13.7. The number of amides is 2. The molecule has 0 aromatic rings. The number of hydrogen-bond acceptors (Lipinski definition) is 3. The van der Waals surface area contributed by atoms with Crippen LogP contribution in [0.25, 0.3) is 0 Å². The Labute approximate surface area is 146 Å². The molecule has 0 radical (unpaired) electrons. The lowest BCUT2D eigenvalue weighted by molar-refractivity contribution is -0.134. The summed E-state index contributed by atoms with van der Waals surface area (Å²) in [5.74, 6) is 0.725. The number of piperidine rings is 1. The Balaban J connectivity index is 1.75. The van der Waals surface area contributed by atoms with Gasteiger partial charge in [0.1, 0.15) is 0 Å². The van der Waals surface area contributed by atoms with Gasteiger partial charge < -0.3 is 15.3 Å². The molecule has 1 heterocycles. The second-order valence-corrected chi connectivity index (χ2v) is 8.86. The van der Waals surface area contributed by atoms with Crippen LogP contribution in [-0.4, -0.2) is 47.1 Å². The van der Waals surface area contributed by atoms with Crippen molar-refractivity contribution in [3.8, 4) is 0 Å². The van der Waals surface area contributed by atoms with Crippen LogP contribution in [0, 0.1) is 17.3 Å². The molecule has 0 aromatic carbocycles. The minimum atomic E-state index is -0.752. The highest BCUT2D eigenvalue weighted by atomic mass is 16.3. The second kappa shape index (κ2) is 7.42. The smallest absolute Gasteiger partial charge is 0.223 e. The molecule has 2 rings (SSSR count). The molecular formula is C19H34N2O3. The summed E-state index contributed by atoms with van der Waals surface area (Å²) in [6, 6.07) is 0. The third-order valence-corrected chi connectivity index (χ3v) is 6.04. The lowest BCUT2D eigenvalue weighted by Crippen LogP contribution is -2.49. The van der Waals surface area contributed by atoms with E-state index in [0.717, 1.165) is 38.5 Å². The van der Waals surface area contributed by atoms with Crippen molar-refractivity contribution in [3.63, 3.8) is 0 Å². The molecule has 24 heavy (non-hydrogen) atoms. The average molecular weight is 338 g/mol. The summed E-state index contributed by atoms with van der Waals surface area (Å²) < 4.78 is 0. The molecule has 2 amide bonds. The Kier molecular flexibility index (Phi) is 5.95. The van der Waals surface area contributed by atoms with Gasteiger partial charge in [0.25, 0.3) is 0 Å². The first kappa shape index (κ1) is 19.2. The Morgan fingerprint density at radius 2 is 1.67 bits per heavy atom. The van der Waals surface area contributed by atoms with E-state index in [1.165, 1.54) is 0 Å². The van der Waals surface area contributed by atoms with Gasteiger partial charge in [0, 0.05) is 32.5 Å². The molecule has 1 saturated carbocycles. The number of carbonyl (C=O) groups is 2. The highest BCUT2D eigenvalue weighted by Gasteiger charge is 2.38. The topological polar surface area (TPSA) is 69.6 Å². The summed E-state index contributed by atoms with van der Waals surface area (Å²) in [6.45, 7) is 10.0.